The van der Waals surface area contributed by atoms with Gasteiger partial charge in [0.1, 0.15) is 6.23 Å². The van der Waals surface area contributed by atoms with E-state index in [1.54, 1.807) is 6.20 Å². The number of ether oxygens (including phenoxy) is 2. The first-order valence-electron chi connectivity index (χ1n) is 6.45. The van der Waals surface area contributed by atoms with Gasteiger partial charge in [0.25, 0.3) is 5.88 Å². The maximum Gasteiger partial charge on any atom is 0.260 e. The molecule has 3 N–H and O–H groups in total. The maximum atomic E-state index is 9.18. The highest BCUT2D eigenvalue weighted by Crippen LogP contribution is 2.39. The predicted octanol–water partition coefficient (Wildman–Crippen LogP) is 0.458. The summed E-state index contributed by atoms with van der Waals surface area (Å²) in [6.45, 7) is 2.83. The number of hydrogen-bond donors (Lipinski definition) is 2. The Labute approximate surface area is 125 Å². The highest BCUT2D eigenvalue weighted by Gasteiger charge is 2.24. The van der Waals surface area contributed by atoms with Crippen LogP contribution in [0.25, 0.3) is 11.4 Å². The molecule has 0 amide bonds. The van der Waals surface area contributed by atoms with E-state index in [1.807, 2.05) is 17.6 Å². The summed E-state index contributed by atoms with van der Waals surface area (Å²) in [5, 5.41) is 18.3. The van der Waals surface area contributed by atoms with Crippen LogP contribution in [0.1, 0.15) is 6.92 Å². The lowest BCUT2D eigenvalue weighted by Crippen LogP contribution is -2.21. The molecule has 1 aliphatic heterocycles. The van der Waals surface area contributed by atoms with Gasteiger partial charge in [0, 0.05) is 18.5 Å². The SMILES string of the molecule is CCn1c(SCC(N)O)nnc1-c1ccnc2c1OCO2. The molecule has 3 heterocycles. The molecule has 0 fully saturated rings. The monoisotopic (exact) mass is 309 g/mol. The van der Waals surface area contributed by atoms with Crippen LogP contribution < -0.4 is 15.2 Å². The highest BCUT2D eigenvalue weighted by atomic mass is 32.2. The van der Waals surface area contributed by atoms with Crippen LogP contribution >= 0.6 is 11.8 Å². The zero-order valence-electron chi connectivity index (χ0n) is 11.4. The smallest absolute Gasteiger partial charge is 0.260 e. The molecule has 3 rings (SSSR count). The normalized spacial score (nSPS) is 14.4. The maximum absolute atomic E-state index is 9.18. The Hall–Kier alpha value is -1.84. The molecule has 1 atom stereocenters. The number of pyridine rings is 1. The fourth-order valence-electron chi connectivity index (χ4n) is 2.03. The molecule has 0 bridgehead atoms. The first kappa shape index (κ1) is 14.1. The van der Waals surface area contributed by atoms with Crippen molar-refractivity contribution in [2.75, 3.05) is 12.5 Å². The van der Waals surface area contributed by atoms with E-state index in [-0.39, 0.29) is 6.79 Å². The number of fused-ring (bicyclic) bond motifs is 1. The number of aromatic nitrogens is 4. The zero-order chi connectivity index (χ0) is 14.8. The van der Waals surface area contributed by atoms with Crippen molar-refractivity contribution in [3.63, 3.8) is 0 Å². The molecule has 0 spiro atoms. The third-order valence-corrected chi connectivity index (χ3v) is 4.00. The highest BCUT2D eigenvalue weighted by molar-refractivity contribution is 7.99. The Kier molecular flexibility index (Phi) is 3.95. The van der Waals surface area contributed by atoms with Gasteiger partial charge in [0.2, 0.25) is 6.79 Å². The second kappa shape index (κ2) is 5.88. The molecule has 1 unspecified atom stereocenters. The molecule has 1 aliphatic rings. The van der Waals surface area contributed by atoms with Crippen LogP contribution in [0.15, 0.2) is 17.4 Å². The average molecular weight is 309 g/mol. The van der Waals surface area contributed by atoms with Crippen LogP contribution in [0.3, 0.4) is 0 Å². The summed E-state index contributed by atoms with van der Waals surface area (Å²) in [6.07, 6.45) is 0.760. The molecule has 0 saturated heterocycles. The number of nitrogens with zero attached hydrogens (tertiary/aromatic N) is 4. The lowest BCUT2D eigenvalue weighted by atomic mass is 10.2. The minimum atomic E-state index is -0.887. The van der Waals surface area contributed by atoms with Crippen molar-refractivity contribution in [3.05, 3.63) is 12.3 Å². The third kappa shape index (κ3) is 2.67. The zero-order valence-corrected chi connectivity index (χ0v) is 12.2. The molecule has 0 aromatic carbocycles. The van der Waals surface area contributed by atoms with E-state index in [4.69, 9.17) is 15.2 Å². The summed E-state index contributed by atoms with van der Waals surface area (Å²) in [4.78, 5) is 4.11. The van der Waals surface area contributed by atoms with E-state index in [0.717, 1.165) is 5.56 Å². The molecule has 0 radical (unpaired) electrons. The number of aliphatic hydroxyl groups excluding tert-OH is 1. The standard InChI is InChI=1S/C12H15N5O3S/c1-2-17-10(15-16-12(17)21-5-8(13)18)7-3-4-14-11-9(7)19-6-20-11/h3-4,8,18H,2,5-6,13H2,1H3. The van der Waals surface area contributed by atoms with Crippen LogP contribution in [0.2, 0.25) is 0 Å². The lowest BCUT2D eigenvalue weighted by Gasteiger charge is -2.09. The minimum Gasteiger partial charge on any atom is -0.451 e. The summed E-state index contributed by atoms with van der Waals surface area (Å²) in [5.74, 6) is 2.07. The second-order valence-corrected chi connectivity index (χ2v) is 5.32. The van der Waals surface area contributed by atoms with Crippen molar-refractivity contribution in [2.24, 2.45) is 5.73 Å². The predicted molar refractivity (Wildman–Crippen MR) is 76.0 cm³/mol. The van der Waals surface area contributed by atoms with Crippen molar-refractivity contribution in [1.82, 2.24) is 19.7 Å². The Morgan fingerprint density at radius 2 is 2.33 bits per heavy atom. The van der Waals surface area contributed by atoms with Crippen molar-refractivity contribution in [1.29, 1.82) is 0 Å². The molecule has 2 aromatic heterocycles. The fraction of sp³-hybridized carbons (Fsp3) is 0.417. The molecule has 112 valence electrons. The van der Waals surface area contributed by atoms with E-state index in [9.17, 15) is 5.11 Å². The Morgan fingerprint density at radius 3 is 3.10 bits per heavy atom. The molecule has 0 aliphatic carbocycles. The van der Waals surface area contributed by atoms with E-state index in [1.165, 1.54) is 11.8 Å². The number of aliphatic hydroxyl groups is 1. The quantitative estimate of drug-likeness (QED) is 0.605. The molecule has 21 heavy (non-hydrogen) atoms. The van der Waals surface area contributed by atoms with Gasteiger partial charge in [-0.1, -0.05) is 11.8 Å². The van der Waals surface area contributed by atoms with Crippen LogP contribution in [0.4, 0.5) is 0 Å². The molecule has 8 nitrogen and oxygen atoms in total. The number of rotatable bonds is 5. The lowest BCUT2D eigenvalue weighted by molar-refractivity contribution is 0.171. The van der Waals surface area contributed by atoms with Crippen LogP contribution in [-0.4, -0.2) is 43.6 Å². The van der Waals surface area contributed by atoms with E-state index < -0.39 is 6.23 Å². The van der Waals surface area contributed by atoms with E-state index >= 15 is 0 Å². The van der Waals surface area contributed by atoms with Gasteiger partial charge >= 0.3 is 0 Å². The van der Waals surface area contributed by atoms with Gasteiger partial charge in [-0.05, 0) is 13.0 Å². The first-order chi connectivity index (χ1) is 10.2. The van der Waals surface area contributed by atoms with Gasteiger partial charge in [0.05, 0.1) is 5.56 Å². The van der Waals surface area contributed by atoms with Gasteiger partial charge in [0.15, 0.2) is 16.7 Å². The first-order valence-corrected chi connectivity index (χ1v) is 7.44. The van der Waals surface area contributed by atoms with Gasteiger partial charge < -0.3 is 24.9 Å². The number of thioether (sulfide) groups is 1. The van der Waals surface area contributed by atoms with Crippen molar-refractivity contribution >= 4 is 11.8 Å². The van der Waals surface area contributed by atoms with Crippen LogP contribution in [0, 0.1) is 0 Å². The van der Waals surface area contributed by atoms with Crippen LogP contribution in [-0.2, 0) is 6.54 Å². The van der Waals surface area contributed by atoms with Crippen molar-refractivity contribution in [2.45, 2.75) is 24.9 Å². The van der Waals surface area contributed by atoms with E-state index in [0.29, 0.717) is 34.9 Å². The Balaban J connectivity index is 1.98. The minimum absolute atomic E-state index is 0.153. The summed E-state index contributed by atoms with van der Waals surface area (Å²) >= 11 is 1.36. The third-order valence-electron chi connectivity index (χ3n) is 2.93. The van der Waals surface area contributed by atoms with Gasteiger partial charge in [-0.15, -0.1) is 10.2 Å². The van der Waals surface area contributed by atoms with E-state index in [2.05, 4.69) is 15.2 Å². The number of hydrogen-bond acceptors (Lipinski definition) is 8. The van der Waals surface area contributed by atoms with Gasteiger partial charge in [-0.3, -0.25) is 0 Å². The second-order valence-electron chi connectivity index (χ2n) is 4.33. The van der Waals surface area contributed by atoms with Crippen molar-refractivity contribution < 1.29 is 14.6 Å². The van der Waals surface area contributed by atoms with Gasteiger partial charge in [-0.25, -0.2) is 4.98 Å². The molecule has 9 heteroatoms. The molecule has 2 aromatic rings. The van der Waals surface area contributed by atoms with Crippen LogP contribution in [0.5, 0.6) is 11.6 Å². The summed E-state index contributed by atoms with van der Waals surface area (Å²) < 4.78 is 12.7. The Morgan fingerprint density at radius 1 is 1.48 bits per heavy atom. The number of nitrogens with two attached hydrogens (primary N) is 1. The summed E-state index contributed by atoms with van der Waals surface area (Å²) in [6, 6.07) is 1.82. The largest absolute Gasteiger partial charge is 0.451 e. The molecule has 0 saturated carbocycles. The topological polar surface area (TPSA) is 108 Å². The summed E-state index contributed by atoms with van der Waals surface area (Å²) in [5.41, 5.74) is 6.14. The van der Waals surface area contributed by atoms with Gasteiger partial charge in [-0.2, -0.15) is 0 Å². The molecular formula is C12H15N5O3S. The molecular weight excluding hydrogens is 294 g/mol. The average Bonchev–Trinajstić information content (AvgIpc) is 3.10. The van der Waals surface area contributed by atoms with Crippen molar-refractivity contribution in [3.8, 4) is 23.0 Å². The Bertz CT molecular complexity index is 646. The fourth-order valence-corrected chi connectivity index (χ4v) is 2.82. The summed E-state index contributed by atoms with van der Waals surface area (Å²) in [7, 11) is 0.